The minimum atomic E-state index is -0.152. The molecular weight excluding hydrogens is 539 g/mol. The van der Waals surface area contributed by atoms with E-state index in [0.29, 0.717) is 9.65 Å². The van der Waals surface area contributed by atoms with Crippen molar-refractivity contribution in [1.29, 1.82) is 0 Å². The van der Waals surface area contributed by atoms with Gasteiger partial charge in [0.15, 0.2) is 0 Å². The van der Waals surface area contributed by atoms with Gasteiger partial charge in [-0.15, -0.1) is 0 Å². The number of halogens is 6. The number of alkyl halides is 6. The molecule has 0 saturated heterocycles. The Balaban J connectivity index is 2.92. The van der Waals surface area contributed by atoms with E-state index in [1.54, 1.807) is 0 Å². The van der Waals surface area contributed by atoms with Crippen LogP contribution in [0.1, 0.15) is 6.42 Å². The van der Waals surface area contributed by atoms with Crippen molar-refractivity contribution >= 4 is 95.6 Å². The first-order valence-electron chi connectivity index (χ1n) is 2.83. The van der Waals surface area contributed by atoms with E-state index in [9.17, 15) is 0 Å². The lowest BCUT2D eigenvalue weighted by Gasteiger charge is -2.28. The molecule has 0 nitrogen and oxygen atoms in total. The third-order valence-electron chi connectivity index (χ3n) is 1.60. The molecule has 0 aromatic heterocycles. The van der Waals surface area contributed by atoms with Gasteiger partial charge < -0.3 is 0 Å². The molecule has 0 radical (unpaired) electrons. The van der Waals surface area contributed by atoms with Gasteiger partial charge in [-0.1, -0.05) is 95.6 Å². The van der Waals surface area contributed by atoms with Crippen LogP contribution in [0.5, 0.6) is 0 Å². The van der Waals surface area contributed by atoms with Crippen LogP contribution in [-0.4, -0.2) is 16.1 Å². The summed E-state index contributed by atoms with van der Waals surface area (Å²) in [5.41, 5.74) is 0. The molecule has 1 rings (SSSR count). The molecule has 6 heteroatoms. The van der Waals surface area contributed by atoms with Gasteiger partial charge in [0.05, 0.1) is 4.83 Å². The molecule has 0 aromatic rings. The van der Waals surface area contributed by atoms with E-state index in [0.717, 1.165) is 6.42 Å². The van der Waals surface area contributed by atoms with Crippen molar-refractivity contribution in [2.24, 2.45) is 0 Å². The van der Waals surface area contributed by atoms with Gasteiger partial charge >= 0.3 is 0 Å². The van der Waals surface area contributed by atoms with Gasteiger partial charge in [-0.05, 0) is 6.42 Å². The zero-order valence-electron chi connectivity index (χ0n) is 5.13. The molecule has 0 aromatic carbocycles. The Kier molecular flexibility index (Phi) is 4.13. The zero-order chi connectivity index (χ0) is 8.86. The molecule has 0 spiro atoms. The molecule has 0 N–H and O–H groups in total. The topological polar surface area (TPSA) is 0 Å². The van der Waals surface area contributed by atoms with Crippen LogP contribution in [0.4, 0.5) is 0 Å². The Morgan fingerprint density at radius 1 is 1.00 bits per heavy atom. The first-order chi connectivity index (χ1) is 4.79. The van der Waals surface area contributed by atoms with Crippen molar-refractivity contribution < 1.29 is 0 Å². The lowest BCUT2D eigenvalue weighted by atomic mass is 10.4. The van der Waals surface area contributed by atoms with E-state index in [1.165, 1.54) is 0 Å². The average molecular weight is 544 g/mol. The van der Waals surface area contributed by atoms with Crippen LogP contribution in [0, 0.1) is 0 Å². The summed E-state index contributed by atoms with van der Waals surface area (Å²) in [4.78, 5) is 0.786. The Bertz CT molecular complexity index is 164. The van der Waals surface area contributed by atoms with Crippen LogP contribution in [0.25, 0.3) is 0 Å². The number of rotatable bonds is 0. The van der Waals surface area contributed by atoms with Crippen molar-refractivity contribution in [3.05, 3.63) is 0 Å². The van der Waals surface area contributed by atoms with Gasteiger partial charge in [0, 0.05) is 4.83 Å². The summed E-state index contributed by atoms with van der Waals surface area (Å²) in [5, 5.41) is 0. The van der Waals surface area contributed by atoms with Gasteiger partial charge in [0.2, 0.25) is 0 Å². The van der Waals surface area contributed by atoms with Gasteiger partial charge in [0.25, 0.3) is 0 Å². The summed E-state index contributed by atoms with van der Waals surface area (Å²) in [5.74, 6) is 0. The minimum Gasteiger partial charge on any atom is -0.0877 e. The van der Waals surface area contributed by atoms with E-state index in [4.69, 9.17) is 0 Å². The first kappa shape index (κ1) is 12.0. The summed E-state index contributed by atoms with van der Waals surface area (Å²) < 4.78 is -0.253. The third-order valence-corrected chi connectivity index (χ3v) is 12.1. The Morgan fingerprint density at radius 3 is 1.55 bits per heavy atom. The maximum Gasteiger partial charge on any atom is 0.119 e. The van der Waals surface area contributed by atoms with Gasteiger partial charge in [0.1, 0.15) is 6.47 Å². The predicted octanol–water partition coefficient (Wildman–Crippen LogP) is 4.89. The molecule has 2 atom stereocenters. The van der Waals surface area contributed by atoms with E-state index in [2.05, 4.69) is 95.6 Å². The third kappa shape index (κ3) is 2.11. The predicted molar refractivity (Wildman–Crippen MR) is 71.2 cm³/mol. The summed E-state index contributed by atoms with van der Waals surface area (Å²) in [6.07, 6.45) is 0.999. The second-order valence-electron chi connectivity index (χ2n) is 2.45. The highest BCUT2D eigenvalue weighted by Crippen LogP contribution is 2.62. The van der Waals surface area contributed by atoms with Crippen LogP contribution in [-0.2, 0) is 0 Å². The molecule has 0 amide bonds. The average Bonchev–Trinajstić information content (AvgIpc) is 1.93. The van der Waals surface area contributed by atoms with E-state index >= 15 is 0 Å². The summed E-state index contributed by atoms with van der Waals surface area (Å²) in [7, 11) is 0. The molecule has 1 fully saturated rings. The maximum atomic E-state index is 3.62. The fourth-order valence-corrected chi connectivity index (χ4v) is 6.72. The van der Waals surface area contributed by atoms with E-state index < -0.39 is 0 Å². The highest BCUT2D eigenvalue weighted by Gasteiger charge is 2.58. The summed E-state index contributed by atoms with van der Waals surface area (Å²) >= 11 is 21.6. The molecule has 11 heavy (non-hydrogen) atoms. The highest BCUT2D eigenvalue weighted by atomic mass is 79.9. The van der Waals surface area contributed by atoms with E-state index in [1.807, 2.05) is 0 Å². The minimum absolute atomic E-state index is 0.102. The Morgan fingerprint density at radius 2 is 1.45 bits per heavy atom. The second kappa shape index (κ2) is 3.80. The first-order valence-corrected chi connectivity index (χ1v) is 7.83. The summed E-state index contributed by atoms with van der Waals surface area (Å²) in [6.45, 7) is 0. The highest BCUT2D eigenvalue weighted by molar-refractivity contribution is 9.31. The van der Waals surface area contributed by atoms with Gasteiger partial charge in [-0.25, -0.2) is 0 Å². The SMILES string of the molecule is BrC1CC(Br)(Br)C(Br)(Br)C1Br. The monoisotopic (exact) mass is 538 g/mol. The molecule has 0 heterocycles. The smallest absolute Gasteiger partial charge is 0.0877 e. The van der Waals surface area contributed by atoms with Crippen molar-refractivity contribution in [3.8, 4) is 0 Å². The maximum absolute atomic E-state index is 3.62. The molecule has 66 valence electrons. The second-order valence-corrected chi connectivity index (χ2v) is 11.9. The summed E-state index contributed by atoms with van der Waals surface area (Å²) in [6, 6.07) is 0. The van der Waals surface area contributed by atoms with Crippen LogP contribution in [0.15, 0.2) is 0 Å². The van der Waals surface area contributed by atoms with Crippen molar-refractivity contribution in [1.82, 2.24) is 0 Å². The molecular formula is C5H4Br6. The van der Waals surface area contributed by atoms with Crippen LogP contribution in [0.3, 0.4) is 0 Å². The standard InChI is InChI=1S/C5H4Br6/c6-2-1-4(8,9)5(10,11)3(2)7/h2-3H,1H2. The molecule has 0 bridgehead atoms. The molecule has 1 aliphatic carbocycles. The van der Waals surface area contributed by atoms with Crippen molar-refractivity contribution in [3.63, 3.8) is 0 Å². The molecule has 1 saturated carbocycles. The van der Waals surface area contributed by atoms with Crippen molar-refractivity contribution in [2.75, 3.05) is 0 Å². The van der Waals surface area contributed by atoms with Crippen LogP contribution < -0.4 is 0 Å². The normalized spacial score (nSPS) is 40.9. The van der Waals surface area contributed by atoms with Crippen LogP contribution in [0.2, 0.25) is 0 Å². The van der Waals surface area contributed by atoms with E-state index in [-0.39, 0.29) is 6.47 Å². The Labute approximate surface area is 116 Å². The fourth-order valence-electron chi connectivity index (χ4n) is 0.913. The van der Waals surface area contributed by atoms with Crippen LogP contribution >= 0.6 is 95.6 Å². The Hall–Kier alpha value is 2.88. The van der Waals surface area contributed by atoms with Gasteiger partial charge in [-0.2, -0.15) is 0 Å². The number of hydrogen-bond donors (Lipinski definition) is 0. The number of hydrogen-bond acceptors (Lipinski definition) is 0. The van der Waals surface area contributed by atoms with Gasteiger partial charge in [-0.3, -0.25) is 0 Å². The lowest BCUT2D eigenvalue weighted by Crippen LogP contribution is -2.34. The molecule has 0 aliphatic heterocycles. The zero-order valence-corrected chi connectivity index (χ0v) is 14.6. The fraction of sp³-hybridized carbons (Fsp3) is 1.00. The van der Waals surface area contributed by atoms with Crippen molar-refractivity contribution in [2.45, 2.75) is 22.5 Å². The largest absolute Gasteiger partial charge is 0.119 e. The quantitative estimate of drug-likeness (QED) is 0.382. The molecule has 2 unspecified atom stereocenters. The lowest BCUT2D eigenvalue weighted by molar-refractivity contribution is 0.880. The molecule has 1 aliphatic rings.